The van der Waals surface area contributed by atoms with Crippen LogP contribution in [0, 0.1) is 5.92 Å². The van der Waals surface area contributed by atoms with Gasteiger partial charge in [-0.3, -0.25) is 4.79 Å². The van der Waals surface area contributed by atoms with E-state index in [0.717, 1.165) is 24.2 Å². The van der Waals surface area contributed by atoms with Crippen molar-refractivity contribution in [2.75, 3.05) is 17.6 Å². The monoisotopic (exact) mass is 319 g/mol. The number of benzene rings is 1. The normalized spacial score (nSPS) is 17.0. The van der Waals surface area contributed by atoms with Gasteiger partial charge in [0.15, 0.2) is 0 Å². The van der Waals surface area contributed by atoms with Crippen molar-refractivity contribution in [3.8, 4) is 0 Å². The minimum absolute atomic E-state index is 0.189. The van der Waals surface area contributed by atoms with Crippen molar-refractivity contribution >= 4 is 29.4 Å². The molecule has 1 atom stereocenters. The molecule has 0 spiro atoms. The average molecular weight is 319 g/mol. The summed E-state index contributed by atoms with van der Waals surface area (Å²) in [5.41, 5.74) is 5.85. The van der Waals surface area contributed by atoms with Crippen LogP contribution in [0.1, 0.15) is 19.3 Å². The maximum atomic E-state index is 12.0. The van der Waals surface area contributed by atoms with E-state index in [1.54, 1.807) is 0 Å². The summed E-state index contributed by atoms with van der Waals surface area (Å²) in [6.07, 6.45) is 7.57. The fraction of sp³-hybridized carbons (Fsp3) is 0.375. The highest BCUT2D eigenvalue weighted by Crippen LogP contribution is 2.26. The Bertz CT molecular complexity index is 560. The molecule has 1 aromatic carbocycles. The maximum Gasteiger partial charge on any atom is 0.319 e. The smallest absolute Gasteiger partial charge is 0.319 e. The predicted molar refractivity (Wildman–Crippen MR) is 89.9 cm³/mol. The second-order valence-corrected chi connectivity index (χ2v) is 6.25. The molecule has 0 aliphatic heterocycles. The lowest BCUT2D eigenvalue weighted by Crippen LogP contribution is -2.33. The van der Waals surface area contributed by atoms with Crippen LogP contribution in [0.3, 0.4) is 0 Å². The fourth-order valence-electron chi connectivity index (χ4n) is 2.29. The molecule has 0 bridgehead atoms. The summed E-state index contributed by atoms with van der Waals surface area (Å²) >= 11 is 1.32. The van der Waals surface area contributed by atoms with Gasteiger partial charge < -0.3 is 16.4 Å². The summed E-state index contributed by atoms with van der Waals surface area (Å²) in [7, 11) is 0. The van der Waals surface area contributed by atoms with Crippen molar-refractivity contribution in [1.82, 2.24) is 5.32 Å². The van der Waals surface area contributed by atoms with Crippen molar-refractivity contribution in [1.29, 1.82) is 0 Å². The van der Waals surface area contributed by atoms with Crippen LogP contribution in [-0.2, 0) is 4.79 Å². The molecule has 0 aromatic heterocycles. The number of anilines is 1. The van der Waals surface area contributed by atoms with Gasteiger partial charge in [0.05, 0.1) is 11.4 Å². The molecule has 0 fully saturated rings. The Morgan fingerprint density at radius 1 is 1.27 bits per heavy atom. The molecule has 0 saturated carbocycles. The SMILES string of the molecule is NC(=O)CSc1ccccc1NC(=O)NCC1CC=CCC1. The zero-order valence-corrected chi connectivity index (χ0v) is 13.2. The fourth-order valence-corrected chi connectivity index (χ4v) is 3.04. The molecule has 6 heteroatoms. The molecular formula is C16H21N3O2S. The Morgan fingerprint density at radius 3 is 2.82 bits per heavy atom. The van der Waals surface area contributed by atoms with Crippen LogP contribution in [0.15, 0.2) is 41.3 Å². The highest BCUT2D eigenvalue weighted by Gasteiger charge is 2.12. The van der Waals surface area contributed by atoms with Crippen LogP contribution >= 0.6 is 11.8 Å². The third kappa shape index (κ3) is 5.44. The van der Waals surface area contributed by atoms with Gasteiger partial charge in [-0.1, -0.05) is 24.3 Å². The highest BCUT2D eigenvalue weighted by molar-refractivity contribution is 8.00. The first-order valence-electron chi connectivity index (χ1n) is 7.35. The highest BCUT2D eigenvalue weighted by atomic mass is 32.2. The maximum absolute atomic E-state index is 12.0. The van der Waals surface area contributed by atoms with E-state index in [0.29, 0.717) is 18.2 Å². The Kier molecular flexibility index (Phi) is 6.33. The van der Waals surface area contributed by atoms with E-state index < -0.39 is 0 Å². The molecule has 5 nitrogen and oxygen atoms in total. The molecule has 22 heavy (non-hydrogen) atoms. The molecule has 118 valence electrons. The molecule has 3 amide bonds. The Labute approximate surface area is 134 Å². The molecule has 0 heterocycles. The second-order valence-electron chi connectivity index (χ2n) is 5.24. The Hall–Kier alpha value is -1.95. The van der Waals surface area contributed by atoms with E-state index in [1.807, 2.05) is 24.3 Å². The lowest BCUT2D eigenvalue weighted by Gasteiger charge is -2.18. The van der Waals surface area contributed by atoms with Crippen LogP contribution in [0.4, 0.5) is 10.5 Å². The van der Waals surface area contributed by atoms with Crippen molar-refractivity contribution in [2.24, 2.45) is 11.7 Å². The van der Waals surface area contributed by atoms with E-state index in [4.69, 9.17) is 5.73 Å². The summed E-state index contributed by atoms with van der Waals surface area (Å²) < 4.78 is 0. The molecule has 1 aliphatic carbocycles. The zero-order chi connectivity index (χ0) is 15.8. The summed E-state index contributed by atoms with van der Waals surface area (Å²) in [4.78, 5) is 23.7. The van der Waals surface area contributed by atoms with E-state index >= 15 is 0 Å². The molecule has 1 aromatic rings. The van der Waals surface area contributed by atoms with Gasteiger partial charge in [0.2, 0.25) is 5.91 Å². The Balaban J connectivity index is 1.85. The van der Waals surface area contributed by atoms with Crippen molar-refractivity contribution in [3.05, 3.63) is 36.4 Å². The third-order valence-corrected chi connectivity index (χ3v) is 4.53. The molecule has 0 saturated heterocycles. The molecule has 2 rings (SSSR count). The van der Waals surface area contributed by atoms with Gasteiger partial charge in [-0.15, -0.1) is 11.8 Å². The lowest BCUT2D eigenvalue weighted by molar-refractivity contribution is -0.115. The molecule has 1 unspecified atom stereocenters. The number of para-hydroxylation sites is 1. The van der Waals surface area contributed by atoms with Crippen molar-refractivity contribution in [3.63, 3.8) is 0 Å². The van der Waals surface area contributed by atoms with Gasteiger partial charge in [0, 0.05) is 11.4 Å². The van der Waals surface area contributed by atoms with Gasteiger partial charge >= 0.3 is 6.03 Å². The number of carbonyl (C=O) groups excluding carboxylic acids is 2. The quantitative estimate of drug-likeness (QED) is 0.557. The number of hydrogen-bond donors (Lipinski definition) is 3. The number of thioether (sulfide) groups is 1. The average Bonchev–Trinajstić information content (AvgIpc) is 2.53. The van der Waals surface area contributed by atoms with Gasteiger partial charge in [-0.25, -0.2) is 4.79 Å². The number of primary amides is 1. The summed E-state index contributed by atoms with van der Waals surface area (Å²) in [5, 5.41) is 5.74. The van der Waals surface area contributed by atoms with Crippen LogP contribution in [0.5, 0.6) is 0 Å². The van der Waals surface area contributed by atoms with Gasteiger partial charge in [0.25, 0.3) is 0 Å². The van der Waals surface area contributed by atoms with Gasteiger partial charge in [0.1, 0.15) is 0 Å². The first-order chi connectivity index (χ1) is 10.6. The largest absolute Gasteiger partial charge is 0.369 e. The number of nitrogens with two attached hydrogens (primary N) is 1. The molecule has 0 radical (unpaired) electrons. The second kappa shape index (κ2) is 8.48. The Morgan fingerprint density at radius 2 is 2.09 bits per heavy atom. The summed E-state index contributed by atoms with van der Waals surface area (Å²) in [6, 6.07) is 7.15. The van der Waals surface area contributed by atoms with Crippen molar-refractivity contribution in [2.45, 2.75) is 24.2 Å². The number of nitrogens with one attached hydrogen (secondary N) is 2. The van der Waals surface area contributed by atoms with Crippen molar-refractivity contribution < 1.29 is 9.59 Å². The van der Waals surface area contributed by atoms with E-state index in [9.17, 15) is 9.59 Å². The molecular weight excluding hydrogens is 298 g/mol. The van der Waals surface area contributed by atoms with E-state index in [-0.39, 0.29) is 17.7 Å². The standard InChI is InChI=1S/C16H21N3O2S/c17-15(20)11-22-14-9-5-4-8-13(14)19-16(21)18-10-12-6-2-1-3-7-12/h1-2,4-5,8-9,12H,3,6-7,10-11H2,(H2,17,20)(H2,18,19,21). The lowest BCUT2D eigenvalue weighted by atomic mass is 9.94. The number of hydrogen-bond acceptors (Lipinski definition) is 3. The summed E-state index contributed by atoms with van der Waals surface area (Å²) in [5.74, 6) is 0.319. The van der Waals surface area contributed by atoms with Crippen LogP contribution in [-0.4, -0.2) is 24.2 Å². The van der Waals surface area contributed by atoms with Crippen LogP contribution < -0.4 is 16.4 Å². The number of carbonyl (C=O) groups is 2. The molecule has 1 aliphatic rings. The van der Waals surface area contributed by atoms with Crippen LogP contribution in [0.2, 0.25) is 0 Å². The van der Waals surface area contributed by atoms with Gasteiger partial charge in [-0.05, 0) is 37.3 Å². The van der Waals surface area contributed by atoms with E-state index in [2.05, 4.69) is 22.8 Å². The molecule has 4 N–H and O–H groups in total. The minimum atomic E-state index is -0.380. The number of urea groups is 1. The number of rotatable bonds is 6. The number of allylic oxidation sites excluding steroid dienone is 2. The predicted octanol–water partition coefficient (Wildman–Crippen LogP) is 2.74. The van der Waals surface area contributed by atoms with E-state index in [1.165, 1.54) is 11.8 Å². The topological polar surface area (TPSA) is 84.2 Å². The van der Waals surface area contributed by atoms with Gasteiger partial charge in [-0.2, -0.15) is 0 Å². The zero-order valence-electron chi connectivity index (χ0n) is 12.4. The minimum Gasteiger partial charge on any atom is -0.369 e. The van der Waals surface area contributed by atoms with Crippen LogP contribution in [0.25, 0.3) is 0 Å². The first-order valence-corrected chi connectivity index (χ1v) is 8.33. The first kappa shape index (κ1) is 16.4. The third-order valence-electron chi connectivity index (χ3n) is 3.43. The number of amides is 3. The summed E-state index contributed by atoms with van der Waals surface area (Å²) in [6.45, 7) is 0.673.